The van der Waals surface area contributed by atoms with Crippen LogP contribution in [0.5, 0.6) is 0 Å². The molecule has 2 rings (SSSR count). The van der Waals surface area contributed by atoms with E-state index in [1.54, 1.807) is 12.1 Å². The molecule has 2 aromatic rings. The van der Waals surface area contributed by atoms with Gasteiger partial charge < -0.3 is 10.4 Å². The van der Waals surface area contributed by atoms with Crippen LogP contribution in [0.1, 0.15) is 11.1 Å². The average Bonchev–Trinajstić information content (AvgIpc) is 2.50. The van der Waals surface area contributed by atoms with Gasteiger partial charge in [-0.1, -0.05) is 54.1 Å². The fraction of sp³-hybridized carbons (Fsp3) is 0.235. The first-order valence-electron chi connectivity index (χ1n) is 6.86. The minimum atomic E-state index is -0.271. The molecule has 21 heavy (non-hydrogen) atoms. The summed E-state index contributed by atoms with van der Waals surface area (Å²) in [7, 11) is 0. The first-order valence-corrected chi connectivity index (χ1v) is 7.24. The minimum absolute atomic E-state index is 0.0821. The summed E-state index contributed by atoms with van der Waals surface area (Å²) in [4.78, 5) is 12.0. The summed E-state index contributed by atoms with van der Waals surface area (Å²) >= 11 is 5.81. The summed E-state index contributed by atoms with van der Waals surface area (Å²) in [6, 6.07) is 16.7. The maximum atomic E-state index is 12.0. The fourth-order valence-electron chi connectivity index (χ4n) is 2.13. The zero-order chi connectivity index (χ0) is 15.1. The highest BCUT2D eigenvalue weighted by atomic mass is 35.5. The van der Waals surface area contributed by atoms with Crippen molar-refractivity contribution in [3.05, 3.63) is 70.7 Å². The lowest BCUT2D eigenvalue weighted by atomic mass is 10.1. The van der Waals surface area contributed by atoms with Crippen molar-refractivity contribution in [2.24, 2.45) is 0 Å². The van der Waals surface area contributed by atoms with Crippen molar-refractivity contribution >= 4 is 17.5 Å². The van der Waals surface area contributed by atoms with Crippen LogP contribution in [-0.2, 0) is 17.6 Å². The third-order valence-corrected chi connectivity index (χ3v) is 3.44. The summed E-state index contributed by atoms with van der Waals surface area (Å²) in [5.41, 5.74) is 1.98. The number of benzene rings is 2. The maximum absolute atomic E-state index is 12.0. The maximum Gasteiger partial charge on any atom is 0.224 e. The number of aliphatic hydroxyl groups excluding tert-OH is 1. The molecule has 0 aromatic heterocycles. The fourth-order valence-corrected chi connectivity index (χ4v) is 2.25. The smallest absolute Gasteiger partial charge is 0.224 e. The van der Waals surface area contributed by atoms with Crippen LogP contribution >= 0.6 is 11.6 Å². The van der Waals surface area contributed by atoms with Crippen LogP contribution in [-0.4, -0.2) is 23.7 Å². The van der Waals surface area contributed by atoms with E-state index in [0.717, 1.165) is 11.1 Å². The molecule has 0 spiro atoms. The van der Waals surface area contributed by atoms with Gasteiger partial charge in [0.25, 0.3) is 0 Å². The van der Waals surface area contributed by atoms with Gasteiger partial charge in [-0.15, -0.1) is 0 Å². The monoisotopic (exact) mass is 303 g/mol. The third-order valence-electron chi connectivity index (χ3n) is 3.19. The lowest BCUT2D eigenvalue weighted by Crippen LogP contribution is -2.39. The van der Waals surface area contributed by atoms with Gasteiger partial charge in [-0.2, -0.15) is 0 Å². The number of carbonyl (C=O) groups excluding carboxylic acids is 1. The molecule has 0 fully saturated rings. The zero-order valence-corrected chi connectivity index (χ0v) is 12.4. The number of carbonyl (C=O) groups is 1. The van der Waals surface area contributed by atoms with Gasteiger partial charge in [0.1, 0.15) is 0 Å². The molecule has 0 aliphatic carbocycles. The Hall–Kier alpha value is -1.84. The topological polar surface area (TPSA) is 49.3 Å². The molecular formula is C17H18ClNO2. The van der Waals surface area contributed by atoms with Crippen molar-refractivity contribution in [1.82, 2.24) is 5.32 Å². The van der Waals surface area contributed by atoms with Gasteiger partial charge in [0, 0.05) is 5.02 Å². The highest BCUT2D eigenvalue weighted by molar-refractivity contribution is 6.30. The lowest BCUT2D eigenvalue weighted by molar-refractivity contribution is -0.121. The Labute approximate surface area is 129 Å². The Morgan fingerprint density at radius 2 is 1.71 bits per heavy atom. The molecular weight excluding hydrogens is 286 g/mol. The first kappa shape index (κ1) is 15.5. The van der Waals surface area contributed by atoms with Crippen molar-refractivity contribution in [3.63, 3.8) is 0 Å². The molecule has 0 heterocycles. The van der Waals surface area contributed by atoms with Crippen LogP contribution in [0.2, 0.25) is 5.02 Å². The number of halogens is 1. The van der Waals surface area contributed by atoms with E-state index in [2.05, 4.69) is 5.32 Å². The van der Waals surface area contributed by atoms with E-state index in [4.69, 9.17) is 11.6 Å². The van der Waals surface area contributed by atoms with Gasteiger partial charge in [-0.3, -0.25) is 4.79 Å². The van der Waals surface area contributed by atoms with Crippen molar-refractivity contribution in [3.8, 4) is 0 Å². The molecule has 4 heteroatoms. The first-order chi connectivity index (χ1) is 10.2. The molecule has 0 aliphatic heterocycles. The van der Waals surface area contributed by atoms with E-state index < -0.39 is 0 Å². The average molecular weight is 304 g/mol. The van der Waals surface area contributed by atoms with Crippen molar-refractivity contribution in [2.75, 3.05) is 6.61 Å². The van der Waals surface area contributed by atoms with E-state index in [1.807, 2.05) is 42.5 Å². The number of aliphatic hydroxyl groups is 1. The summed E-state index contributed by atoms with van der Waals surface area (Å²) < 4.78 is 0. The number of amides is 1. The van der Waals surface area contributed by atoms with E-state index in [1.165, 1.54) is 0 Å². The van der Waals surface area contributed by atoms with Gasteiger partial charge in [-0.25, -0.2) is 0 Å². The summed E-state index contributed by atoms with van der Waals surface area (Å²) in [5.74, 6) is -0.104. The third kappa shape index (κ3) is 5.21. The van der Waals surface area contributed by atoms with Gasteiger partial charge in [0.15, 0.2) is 0 Å². The quantitative estimate of drug-likeness (QED) is 0.862. The summed E-state index contributed by atoms with van der Waals surface area (Å²) in [5, 5.41) is 12.9. The highest BCUT2D eigenvalue weighted by Crippen LogP contribution is 2.10. The predicted molar refractivity (Wildman–Crippen MR) is 84.3 cm³/mol. The standard InChI is InChI=1S/C17H18ClNO2/c18-15-8-6-14(7-9-15)11-17(21)19-16(12-20)10-13-4-2-1-3-5-13/h1-9,16,20H,10-12H2,(H,19,21). The van der Waals surface area contributed by atoms with Crippen LogP contribution in [0.3, 0.4) is 0 Å². The molecule has 2 aromatic carbocycles. The van der Waals surface area contributed by atoms with E-state index in [-0.39, 0.29) is 25.0 Å². The molecule has 1 unspecified atom stereocenters. The van der Waals surface area contributed by atoms with E-state index in [0.29, 0.717) is 11.4 Å². The molecule has 0 saturated heterocycles. The molecule has 1 amide bonds. The van der Waals surface area contributed by atoms with E-state index in [9.17, 15) is 9.90 Å². The normalized spacial score (nSPS) is 11.9. The van der Waals surface area contributed by atoms with Gasteiger partial charge in [0.05, 0.1) is 19.1 Å². The molecule has 3 nitrogen and oxygen atoms in total. The Kier molecular flexibility index (Phi) is 5.78. The van der Waals surface area contributed by atoms with Crippen LogP contribution in [0, 0.1) is 0 Å². The van der Waals surface area contributed by atoms with Gasteiger partial charge in [-0.05, 0) is 29.7 Å². The second-order valence-electron chi connectivity index (χ2n) is 4.94. The summed E-state index contributed by atoms with van der Waals surface area (Å²) in [6.07, 6.45) is 0.895. The highest BCUT2D eigenvalue weighted by Gasteiger charge is 2.12. The van der Waals surface area contributed by atoms with Crippen LogP contribution in [0.15, 0.2) is 54.6 Å². The molecule has 0 aliphatic rings. The minimum Gasteiger partial charge on any atom is -0.394 e. The summed E-state index contributed by atoms with van der Waals surface area (Å²) in [6.45, 7) is -0.0821. The van der Waals surface area contributed by atoms with Gasteiger partial charge in [0.2, 0.25) is 5.91 Å². The van der Waals surface area contributed by atoms with Crippen LogP contribution in [0.25, 0.3) is 0 Å². The lowest BCUT2D eigenvalue weighted by Gasteiger charge is -2.16. The second-order valence-corrected chi connectivity index (χ2v) is 5.38. The number of hydrogen-bond donors (Lipinski definition) is 2. The molecule has 0 radical (unpaired) electrons. The predicted octanol–water partition coefficient (Wildman–Crippen LogP) is 2.60. The van der Waals surface area contributed by atoms with E-state index >= 15 is 0 Å². The Morgan fingerprint density at radius 1 is 1.05 bits per heavy atom. The molecule has 1 atom stereocenters. The molecule has 110 valence electrons. The molecule has 2 N–H and O–H groups in total. The molecule has 0 bridgehead atoms. The largest absolute Gasteiger partial charge is 0.394 e. The van der Waals surface area contributed by atoms with Gasteiger partial charge >= 0.3 is 0 Å². The SMILES string of the molecule is O=C(Cc1ccc(Cl)cc1)NC(CO)Cc1ccccc1. The Balaban J connectivity index is 1.89. The second kappa shape index (κ2) is 7.81. The van der Waals surface area contributed by atoms with Crippen molar-refractivity contribution < 1.29 is 9.90 Å². The number of hydrogen-bond acceptors (Lipinski definition) is 2. The Bertz CT molecular complexity index is 569. The zero-order valence-electron chi connectivity index (χ0n) is 11.6. The number of nitrogens with one attached hydrogen (secondary N) is 1. The molecule has 0 saturated carbocycles. The van der Waals surface area contributed by atoms with Crippen LogP contribution < -0.4 is 5.32 Å². The number of rotatable bonds is 6. The Morgan fingerprint density at radius 3 is 2.33 bits per heavy atom. The van der Waals surface area contributed by atoms with Crippen LogP contribution in [0.4, 0.5) is 0 Å². The van der Waals surface area contributed by atoms with Crippen molar-refractivity contribution in [2.45, 2.75) is 18.9 Å². The van der Waals surface area contributed by atoms with Crippen molar-refractivity contribution in [1.29, 1.82) is 0 Å².